The minimum absolute atomic E-state index is 0.0810. The maximum absolute atomic E-state index is 13.7. The molecule has 9 rings (SSSR count). The quantitative estimate of drug-likeness (QED) is 0.220. The van der Waals surface area contributed by atoms with Gasteiger partial charge in [0.25, 0.3) is 23.3 Å². The highest BCUT2D eigenvalue weighted by Crippen LogP contribution is 2.39. The maximum Gasteiger partial charge on any atom is 0.274 e. The summed E-state index contributed by atoms with van der Waals surface area (Å²) in [4.78, 5) is 90.2. The summed E-state index contributed by atoms with van der Waals surface area (Å²) >= 11 is 1.51. The van der Waals surface area contributed by atoms with Gasteiger partial charge in [0.05, 0.1) is 39.1 Å². The number of thiazole rings is 1. The first kappa shape index (κ1) is 38.8. The largest absolute Gasteiger partial charge is 0.490 e. The van der Waals surface area contributed by atoms with Crippen molar-refractivity contribution < 1.29 is 33.1 Å². The molecule has 308 valence electrons. The first-order valence-electron chi connectivity index (χ1n) is 20.3. The summed E-state index contributed by atoms with van der Waals surface area (Å²) in [6.07, 6.45) is 2.74. The van der Waals surface area contributed by atoms with E-state index in [1.54, 1.807) is 36.5 Å². The molecule has 5 amide bonds. The Morgan fingerprint density at radius 3 is 2.41 bits per heavy atom. The van der Waals surface area contributed by atoms with Crippen LogP contribution in [-0.4, -0.2) is 113 Å². The number of hydrogen-bond acceptors (Lipinski definition) is 12. The number of hydrogen-bond donors (Lipinski definition) is 2. The molecule has 5 aliphatic rings. The first-order valence-corrected chi connectivity index (χ1v) is 21.1. The molecule has 2 aromatic heterocycles. The molecular formula is C42H45FN8O7S. The van der Waals surface area contributed by atoms with Gasteiger partial charge in [-0.3, -0.25) is 43.9 Å². The van der Waals surface area contributed by atoms with Gasteiger partial charge in [0.1, 0.15) is 23.7 Å². The van der Waals surface area contributed by atoms with E-state index in [0.29, 0.717) is 17.2 Å². The predicted octanol–water partition coefficient (Wildman–Crippen LogP) is 4.22. The van der Waals surface area contributed by atoms with Crippen LogP contribution in [0.15, 0.2) is 53.5 Å². The average Bonchev–Trinajstić information content (AvgIpc) is 3.70. The number of piperidine rings is 2. The number of nitrogens with zero attached hydrogens (tertiary/aromatic N) is 6. The molecule has 0 bridgehead atoms. The third kappa shape index (κ3) is 7.57. The van der Waals surface area contributed by atoms with Crippen LogP contribution in [0.1, 0.15) is 83.1 Å². The fourth-order valence-corrected chi connectivity index (χ4v) is 9.66. The maximum atomic E-state index is 13.7. The van der Waals surface area contributed by atoms with E-state index in [-0.39, 0.29) is 42.2 Å². The third-order valence-corrected chi connectivity index (χ3v) is 13.0. The molecule has 3 atom stereocenters. The van der Waals surface area contributed by atoms with Crippen LogP contribution in [0.4, 0.5) is 20.9 Å². The number of benzene rings is 2. The van der Waals surface area contributed by atoms with Crippen LogP contribution >= 0.6 is 11.3 Å². The molecule has 0 spiro atoms. The van der Waals surface area contributed by atoms with Crippen molar-refractivity contribution in [1.82, 2.24) is 24.7 Å². The highest BCUT2D eigenvalue weighted by atomic mass is 32.1. The molecule has 0 radical (unpaired) electrons. The van der Waals surface area contributed by atoms with Crippen molar-refractivity contribution >= 4 is 67.6 Å². The third-order valence-electron chi connectivity index (χ3n) is 11.9. The van der Waals surface area contributed by atoms with E-state index in [1.165, 1.54) is 22.0 Å². The van der Waals surface area contributed by atoms with Crippen molar-refractivity contribution in [3.63, 3.8) is 0 Å². The number of alkyl halides is 1. The van der Waals surface area contributed by atoms with E-state index in [4.69, 9.17) is 9.72 Å². The van der Waals surface area contributed by atoms with Gasteiger partial charge in [-0.05, 0) is 75.4 Å². The molecule has 2 N–H and O–H groups in total. The highest BCUT2D eigenvalue weighted by Gasteiger charge is 2.45. The van der Waals surface area contributed by atoms with Crippen LogP contribution in [0.3, 0.4) is 0 Å². The van der Waals surface area contributed by atoms with E-state index in [2.05, 4.69) is 25.3 Å². The summed E-state index contributed by atoms with van der Waals surface area (Å²) in [7, 11) is 0. The Morgan fingerprint density at radius 1 is 0.949 bits per heavy atom. The molecule has 4 aliphatic heterocycles. The van der Waals surface area contributed by atoms with Gasteiger partial charge in [-0.15, -0.1) is 0 Å². The van der Waals surface area contributed by atoms with E-state index >= 15 is 0 Å². The number of pyridine rings is 1. The lowest BCUT2D eigenvalue weighted by molar-refractivity contribution is -0.136. The molecular weight excluding hydrogens is 780 g/mol. The van der Waals surface area contributed by atoms with Crippen molar-refractivity contribution in [3.8, 4) is 5.75 Å². The Hall–Kier alpha value is -5.68. The van der Waals surface area contributed by atoms with Gasteiger partial charge in [0, 0.05) is 76.6 Å². The van der Waals surface area contributed by atoms with Gasteiger partial charge in [0.15, 0.2) is 5.13 Å². The Bertz CT molecular complexity index is 2440. The molecule has 1 unspecified atom stereocenters. The minimum atomic E-state index is -1.06. The SMILES string of the molecule is CC(C)Oc1cc2nc(N3CCN(CC4CCN(c5ccc6c(c5)C(=O)N(C5CCC(=O)NC5=O)C6=O)CC4)CC3)sc2cc1C(=O)Nc1cccn([C@H]2C[C@H]2F)c1=O. The van der Waals surface area contributed by atoms with Crippen LogP contribution in [0.5, 0.6) is 5.75 Å². The molecule has 4 fully saturated rings. The Morgan fingerprint density at radius 2 is 1.69 bits per heavy atom. The predicted molar refractivity (Wildman–Crippen MR) is 219 cm³/mol. The van der Waals surface area contributed by atoms with Gasteiger partial charge in [-0.1, -0.05) is 11.3 Å². The van der Waals surface area contributed by atoms with Crippen molar-refractivity contribution in [2.24, 2.45) is 5.92 Å². The number of fused-ring (bicyclic) bond motifs is 2. The molecule has 1 aliphatic carbocycles. The minimum Gasteiger partial charge on any atom is -0.490 e. The zero-order valence-corrected chi connectivity index (χ0v) is 33.6. The summed E-state index contributed by atoms with van der Waals surface area (Å²) in [6, 6.07) is 10.5. The van der Waals surface area contributed by atoms with Crippen LogP contribution < -0.4 is 30.7 Å². The summed E-state index contributed by atoms with van der Waals surface area (Å²) in [5, 5.41) is 5.84. The molecule has 1 saturated carbocycles. The first-order chi connectivity index (χ1) is 28.4. The number of rotatable bonds is 10. The lowest BCUT2D eigenvalue weighted by Gasteiger charge is -2.39. The lowest BCUT2D eigenvalue weighted by atomic mass is 9.95. The molecule has 3 saturated heterocycles. The van der Waals surface area contributed by atoms with E-state index in [1.807, 2.05) is 19.9 Å². The number of carbonyl (C=O) groups excluding carboxylic acids is 5. The van der Waals surface area contributed by atoms with Crippen molar-refractivity contribution in [1.29, 1.82) is 0 Å². The average molecular weight is 825 g/mol. The number of imide groups is 2. The second-order valence-electron chi connectivity index (χ2n) is 16.3. The van der Waals surface area contributed by atoms with Gasteiger partial charge < -0.3 is 24.4 Å². The fourth-order valence-electron chi connectivity index (χ4n) is 8.62. The fraction of sp³-hybridized carbons (Fsp3) is 0.452. The van der Waals surface area contributed by atoms with Crippen LogP contribution in [-0.2, 0) is 9.59 Å². The van der Waals surface area contributed by atoms with Gasteiger partial charge in [-0.2, -0.15) is 0 Å². The molecule has 17 heteroatoms. The van der Waals surface area contributed by atoms with E-state index < -0.39 is 53.4 Å². The summed E-state index contributed by atoms with van der Waals surface area (Å²) in [6.45, 7) is 9.75. The molecule has 4 aromatic rings. The smallest absolute Gasteiger partial charge is 0.274 e. The number of ether oxygens (including phenoxy) is 1. The number of carbonyl (C=O) groups is 5. The highest BCUT2D eigenvalue weighted by molar-refractivity contribution is 7.22. The number of halogens is 1. The molecule has 6 heterocycles. The number of piperazine rings is 1. The summed E-state index contributed by atoms with van der Waals surface area (Å²) in [5.74, 6) is -1.62. The number of anilines is 3. The lowest BCUT2D eigenvalue weighted by Crippen LogP contribution is -2.54. The van der Waals surface area contributed by atoms with Crippen molar-refractivity contribution in [2.75, 3.05) is 60.9 Å². The standard InChI is InChI=1S/C42H45FN8O7S/c1-23(2)58-34-21-31-35(19-28(34)37(53)44-30-4-3-11-50(41(30)57)33-20-29(33)43)59-42(45-31)49-16-14-47(15-17-49)22-24-9-12-48(13-10-24)25-5-6-26-27(18-25)40(56)51(39(26)55)32-7-8-36(52)46-38(32)54/h3-6,11,18-19,21,23-24,29,32-33H,7-10,12-17,20,22H2,1-2H3,(H,44,53)(H,46,52,54)/t29-,32?,33+/m1/s1. The topological polar surface area (TPSA) is 166 Å². The van der Waals surface area contributed by atoms with Crippen LogP contribution in [0.2, 0.25) is 0 Å². The second kappa shape index (κ2) is 15.5. The zero-order chi connectivity index (χ0) is 41.1. The van der Waals surface area contributed by atoms with Crippen molar-refractivity contribution in [3.05, 3.63) is 75.7 Å². The Labute approximate surface area is 343 Å². The molecule has 15 nitrogen and oxygen atoms in total. The Kier molecular flexibility index (Phi) is 10.2. The summed E-state index contributed by atoms with van der Waals surface area (Å²) in [5.41, 5.74) is 2.10. The van der Waals surface area contributed by atoms with Crippen LogP contribution in [0, 0.1) is 5.92 Å². The molecule has 2 aromatic carbocycles. The van der Waals surface area contributed by atoms with Crippen molar-refractivity contribution in [2.45, 2.75) is 70.3 Å². The van der Waals surface area contributed by atoms with E-state index in [9.17, 15) is 33.2 Å². The van der Waals surface area contributed by atoms with Gasteiger partial charge in [0.2, 0.25) is 11.8 Å². The number of nitrogens with one attached hydrogen (secondary N) is 2. The van der Waals surface area contributed by atoms with Gasteiger partial charge in [-0.25, -0.2) is 9.37 Å². The Balaban J connectivity index is 0.799. The van der Waals surface area contributed by atoms with E-state index in [0.717, 1.165) is 84.6 Å². The van der Waals surface area contributed by atoms with Crippen LogP contribution in [0.25, 0.3) is 10.2 Å². The monoisotopic (exact) mass is 824 g/mol. The molecule has 59 heavy (non-hydrogen) atoms. The second-order valence-corrected chi connectivity index (χ2v) is 17.3. The normalized spacial score (nSPS) is 22.6. The zero-order valence-electron chi connectivity index (χ0n) is 32.8. The number of aromatic nitrogens is 2. The number of amides is 5. The van der Waals surface area contributed by atoms with Gasteiger partial charge >= 0.3 is 0 Å². The summed E-state index contributed by atoms with van der Waals surface area (Å²) < 4.78 is 22.0.